The molecule has 9 heavy (non-hydrogen) atoms. The second-order valence-corrected chi connectivity index (χ2v) is 4.45. The van der Waals surface area contributed by atoms with Crippen LogP contribution in [-0.2, 0) is 0 Å². The first-order valence-electron chi connectivity index (χ1n) is 3.68. The zero-order valence-electron chi connectivity index (χ0n) is 6.39. The van der Waals surface area contributed by atoms with Crippen molar-refractivity contribution in [1.82, 2.24) is 0 Å². The molecule has 0 unspecified atom stereocenters. The first-order valence-corrected chi connectivity index (χ1v) is 5.88. The Kier molecular flexibility index (Phi) is 8.50. The van der Waals surface area contributed by atoms with Gasteiger partial charge in [-0.2, -0.15) is 0 Å². The summed E-state index contributed by atoms with van der Waals surface area (Å²) in [5.41, 5.74) is 0. The van der Waals surface area contributed by atoms with Crippen molar-refractivity contribution < 1.29 is 0 Å². The van der Waals surface area contributed by atoms with E-state index < -0.39 is 0 Å². The van der Waals surface area contributed by atoms with Crippen molar-refractivity contribution in [3.63, 3.8) is 0 Å². The molecule has 0 aromatic rings. The molecule has 0 rings (SSSR count). The molecule has 0 nitrogen and oxygen atoms in total. The summed E-state index contributed by atoms with van der Waals surface area (Å²) in [5.74, 6) is 0. The van der Waals surface area contributed by atoms with Gasteiger partial charge in [0.2, 0.25) is 0 Å². The van der Waals surface area contributed by atoms with Gasteiger partial charge < -0.3 is 0 Å². The van der Waals surface area contributed by atoms with E-state index in [-0.39, 0.29) is 0 Å². The number of rotatable bonds is 5. The zero-order chi connectivity index (χ0) is 6.95. The number of hydrogen-bond donors (Lipinski definition) is 0. The van der Waals surface area contributed by atoms with E-state index in [0.29, 0.717) is 0 Å². The van der Waals surface area contributed by atoms with Crippen molar-refractivity contribution in [2.75, 3.05) is 0 Å². The van der Waals surface area contributed by atoms with Crippen LogP contribution in [0.1, 0.15) is 33.1 Å². The van der Waals surface area contributed by atoms with E-state index in [2.05, 4.69) is 24.9 Å². The monoisotopic (exact) mass is 192 g/mol. The van der Waals surface area contributed by atoms with Crippen LogP contribution in [0.4, 0.5) is 0 Å². The van der Waals surface area contributed by atoms with Crippen LogP contribution in [0.5, 0.6) is 0 Å². The van der Waals surface area contributed by atoms with Gasteiger partial charge in [0.25, 0.3) is 0 Å². The van der Waals surface area contributed by atoms with Crippen molar-refractivity contribution >= 4 is 15.0 Å². The summed E-state index contributed by atoms with van der Waals surface area (Å²) in [5, 5.41) is 1.34. The Morgan fingerprint density at radius 1 is 1.33 bits per heavy atom. The molecular weight excluding hydrogens is 175 g/mol. The van der Waals surface area contributed by atoms with E-state index in [4.69, 9.17) is 0 Å². The van der Waals surface area contributed by atoms with Gasteiger partial charge in [-0.3, -0.25) is 0 Å². The van der Waals surface area contributed by atoms with Gasteiger partial charge in [-0.25, -0.2) is 0 Å². The van der Waals surface area contributed by atoms with Gasteiger partial charge in [-0.05, 0) is 0 Å². The normalized spacial score (nSPS) is 10.9. The van der Waals surface area contributed by atoms with Crippen molar-refractivity contribution in [3.8, 4) is 0 Å². The average Bonchev–Trinajstić information content (AvgIpc) is 1.89. The average molecular weight is 191 g/mol. The van der Waals surface area contributed by atoms with Crippen molar-refractivity contribution in [2.45, 2.75) is 38.4 Å². The zero-order valence-corrected chi connectivity index (χ0v) is 8.10. The Morgan fingerprint density at radius 2 is 2.11 bits per heavy atom. The molecule has 0 fully saturated rings. The molecule has 0 atom stereocenters. The Morgan fingerprint density at radius 3 is 2.67 bits per heavy atom. The van der Waals surface area contributed by atoms with Gasteiger partial charge in [0, 0.05) is 0 Å². The van der Waals surface area contributed by atoms with E-state index in [9.17, 15) is 0 Å². The predicted molar refractivity (Wildman–Crippen MR) is 44.9 cm³/mol. The topological polar surface area (TPSA) is 0 Å². The molecule has 0 saturated carbocycles. The Hall–Kier alpha value is 0.259. The van der Waals surface area contributed by atoms with Crippen molar-refractivity contribution in [1.29, 1.82) is 0 Å². The van der Waals surface area contributed by atoms with Gasteiger partial charge in [-0.1, -0.05) is 0 Å². The van der Waals surface area contributed by atoms with E-state index >= 15 is 0 Å². The molecule has 54 valence electrons. The first-order chi connectivity index (χ1) is 4.41. The minimum atomic E-state index is 0.785. The van der Waals surface area contributed by atoms with E-state index in [1.807, 2.05) is 0 Å². The molecule has 0 amide bonds. The summed E-state index contributed by atoms with van der Waals surface area (Å²) in [7, 11) is 0. The number of allylic oxidation sites excluding steroid dienone is 1. The third-order valence-corrected chi connectivity index (χ3v) is 2.59. The van der Waals surface area contributed by atoms with Gasteiger partial charge in [0.1, 0.15) is 0 Å². The summed E-state index contributed by atoms with van der Waals surface area (Å²) < 4.78 is 0. The van der Waals surface area contributed by atoms with E-state index in [1.165, 1.54) is 24.6 Å². The van der Waals surface area contributed by atoms with E-state index in [0.717, 1.165) is 15.0 Å². The van der Waals surface area contributed by atoms with Gasteiger partial charge >= 0.3 is 64.4 Å². The molecule has 0 aliphatic rings. The van der Waals surface area contributed by atoms with E-state index in [1.54, 1.807) is 0 Å². The SMILES string of the molecule is CCCC/C=C/[Se]CC. The predicted octanol–water partition coefficient (Wildman–Crippen LogP) is 2.83. The maximum atomic E-state index is 2.35. The Labute approximate surface area is 64.9 Å². The third kappa shape index (κ3) is 8.26. The standard InChI is InChI=1S/C8H16Se/c1-3-5-6-7-8-9-4-2/h7-8H,3-6H2,1-2H3/b8-7+. The van der Waals surface area contributed by atoms with Gasteiger partial charge in [0.15, 0.2) is 0 Å². The van der Waals surface area contributed by atoms with Crippen LogP contribution in [0.15, 0.2) is 11.1 Å². The molecular formula is C8H16Se. The fourth-order valence-electron chi connectivity index (χ4n) is 0.554. The first kappa shape index (κ1) is 9.26. The molecule has 0 spiro atoms. The molecule has 0 saturated heterocycles. The second-order valence-electron chi connectivity index (χ2n) is 1.97. The Bertz CT molecular complexity index is 67.0. The van der Waals surface area contributed by atoms with Crippen LogP contribution in [0, 0.1) is 0 Å². The summed E-state index contributed by atoms with van der Waals surface area (Å²) >= 11 is 0.785. The molecule has 0 aromatic heterocycles. The quantitative estimate of drug-likeness (QED) is 0.463. The molecule has 1 heteroatoms. The van der Waals surface area contributed by atoms with Crippen LogP contribution >= 0.6 is 0 Å². The van der Waals surface area contributed by atoms with Crippen LogP contribution in [0.3, 0.4) is 0 Å². The summed E-state index contributed by atoms with van der Waals surface area (Å²) in [6.45, 7) is 4.48. The Balaban J connectivity index is 2.86. The minimum absolute atomic E-state index is 0.785. The summed E-state index contributed by atoms with van der Waals surface area (Å²) in [6.07, 6.45) is 6.30. The molecule has 0 N–H and O–H groups in total. The summed E-state index contributed by atoms with van der Waals surface area (Å²) in [6, 6.07) is 0. The van der Waals surface area contributed by atoms with Gasteiger partial charge in [-0.15, -0.1) is 0 Å². The maximum absolute atomic E-state index is 2.35. The van der Waals surface area contributed by atoms with Crippen LogP contribution in [0.25, 0.3) is 0 Å². The second kappa shape index (κ2) is 8.26. The molecule has 0 aromatic carbocycles. The number of hydrogen-bond acceptors (Lipinski definition) is 0. The van der Waals surface area contributed by atoms with Crippen molar-refractivity contribution in [3.05, 3.63) is 11.1 Å². The van der Waals surface area contributed by atoms with Crippen LogP contribution in [-0.4, -0.2) is 15.0 Å². The molecule has 0 heterocycles. The van der Waals surface area contributed by atoms with Crippen LogP contribution in [0.2, 0.25) is 5.32 Å². The van der Waals surface area contributed by atoms with Gasteiger partial charge in [0.05, 0.1) is 0 Å². The molecule has 0 radical (unpaired) electrons. The van der Waals surface area contributed by atoms with Crippen LogP contribution < -0.4 is 0 Å². The number of unbranched alkanes of at least 4 members (excludes halogenated alkanes) is 2. The third-order valence-electron chi connectivity index (χ3n) is 1.08. The molecule has 0 bridgehead atoms. The fraction of sp³-hybridized carbons (Fsp3) is 0.750. The fourth-order valence-corrected chi connectivity index (χ4v) is 1.53. The molecule has 0 aliphatic heterocycles. The summed E-state index contributed by atoms with van der Waals surface area (Å²) in [4.78, 5) is 2.35. The van der Waals surface area contributed by atoms with Crippen molar-refractivity contribution in [2.24, 2.45) is 0 Å². The molecule has 0 aliphatic carbocycles.